The van der Waals surface area contributed by atoms with E-state index in [1.807, 2.05) is 6.92 Å². The van der Waals surface area contributed by atoms with Crippen molar-refractivity contribution in [2.24, 2.45) is 0 Å². The zero-order chi connectivity index (χ0) is 19.0. The largest absolute Gasteiger partial charge is 0.361 e. The number of carbonyl (C=O) groups is 2. The van der Waals surface area contributed by atoms with Gasteiger partial charge < -0.3 is 14.5 Å². The number of hydrogen-bond donors (Lipinski definition) is 0. The Kier molecular flexibility index (Phi) is 4.43. The molecule has 1 spiro atoms. The van der Waals surface area contributed by atoms with Gasteiger partial charge in [-0.05, 0) is 37.6 Å². The maximum absolute atomic E-state index is 13.2. The molecule has 1 aromatic heterocycles. The summed E-state index contributed by atoms with van der Waals surface area (Å²) in [7, 11) is 0. The van der Waals surface area contributed by atoms with Crippen LogP contribution in [0.25, 0.3) is 0 Å². The van der Waals surface area contributed by atoms with E-state index in [2.05, 4.69) is 5.10 Å². The summed E-state index contributed by atoms with van der Waals surface area (Å²) in [5.74, 6) is -0.596. The molecule has 0 bridgehead atoms. The molecule has 2 aliphatic rings. The Morgan fingerprint density at radius 2 is 2.07 bits per heavy atom. The van der Waals surface area contributed by atoms with Crippen molar-refractivity contribution in [3.63, 3.8) is 0 Å². The normalized spacial score (nSPS) is 22.7. The first-order valence-electron chi connectivity index (χ1n) is 9.01. The van der Waals surface area contributed by atoms with Crippen LogP contribution in [0.5, 0.6) is 0 Å². The molecule has 0 saturated carbocycles. The molecular weight excluding hydrogens is 351 g/mol. The van der Waals surface area contributed by atoms with Gasteiger partial charge in [-0.2, -0.15) is 5.10 Å². The minimum Gasteiger partial charge on any atom is -0.361 e. The van der Waals surface area contributed by atoms with Crippen molar-refractivity contribution in [2.45, 2.75) is 25.5 Å². The number of ether oxygens (including phenoxy) is 1. The first kappa shape index (κ1) is 17.7. The molecule has 1 aromatic carbocycles. The van der Waals surface area contributed by atoms with Crippen LogP contribution in [0.1, 0.15) is 23.7 Å². The molecule has 1 unspecified atom stereocenters. The van der Waals surface area contributed by atoms with Gasteiger partial charge in [-0.15, -0.1) is 0 Å². The van der Waals surface area contributed by atoms with Crippen molar-refractivity contribution < 1.29 is 18.7 Å². The van der Waals surface area contributed by atoms with Crippen LogP contribution in [-0.2, 0) is 16.1 Å². The summed E-state index contributed by atoms with van der Waals surface area (Å²) < 4.78 is 20.8. The van der Waals surface area contributed by atoms with Gasteiger partial charge in [0.05, 0.1) is 24.8 Å². The Bertz CT molecular complexity index is 866. The fraction of sp³-hybridized carbons (Fsp3) is 0.421. The van der Waals surface area contributed by atoms with E-state index in [1.54, 1.807) is 39.0 Å². The second kappa shape index (κ2) is 6.77. The van der Waals surface area contributed by atoms with Crippen molar-refractivity contribution in [1.82, 2.24) is 14.7 Å². The zero-order valence-corrected chi connectivity index (χ0v) is 15.1. The van der Waals surface area contributed by atoms with Crippen molar-refractivity contribution in [3.05, 3.63) is 48.0 Å². The van der Waals surface area contributed by atoms with Crippen molar-refractivity contribution in [1.29, 1.82) is 0 Å². The minimum absolute atomic E-state index is 0.0484. The van der Waals surface area contributed by atoms with E-state index in [1.165, 1.54) is 12.1 Å². The monoisotopic (exact) mass is 372 g/mol. The highest BCUT2D eigenvalue weighted by Gasteiger charge is 2.46. The smallest absolute Gasteiger partial charge is 0.257 e. The number of anilines is 1. The topological polar surface area (TPSA) is 67.7 Å². The molecule has 7 nitrogen and oxygen atoms in total. The highest BCUT2D eigenvalue weighted by molar-refractivity contribution is 5.96. The summed E-state index contributed by atoms with van der Waals surface area (Å²) >= 11 is 0. The van der Waals surface area contributed by atoms with Crippen LogP contribution < -0.4 is 4.90 Å². The SMILES string of the molecule is CCn1cc(C(=O)N2CCC3(C2)CN(c2ccc(F)cc2)C(=O)CO3)cn1. The summed E-state index contributed by atoms with van der Waals surface area (Å²) in [5, 5.41) is 4.15. The molecule has 8 heteroatoms. The predicted molar refractivity (Wildman–Crippen MR) is 95.9 cm³/mol. The number of hydrogen-bond acceptors (Lipinski definition) is 4. The summed E-state index contributed by atoms with van der Waals surface area (Å²) in [6.45, 7) is 3.93. The molecule has 0 radical (unpaired) electrons. The summed E-state index contributed by atoms with van der Waals surface area (Å²) in [5.41, 5.74) is 0.591. The number of morpholine rings is 1. The molecular formula is C19H21FN4O3. The van der Waals surface area contributed by atoms with Crippen LogP contribution >= 0.6 is 0 Å². The Hall–Kier alpha value is -2.74. The van der Waals surface area contributed by atoms with E-state index in [-0.39, 0.29) is 24.2 Å². The standard InChI is InChI=1S/C19H21FN4O3/c1-2-23-10-14(9-21-23)18(26)22-8-7-19(12-22)13-24(17(25)11-27-19)16-5-3-15(20)4-6-16/h3-6,9-10H,2,7-8,11-13H2,1H3. The van der Waals surface area contributed by atoms with Crippen LogP contribution in [0.4, 0.5) is 10.1 Å². The van der Waals surface area contributed by atoms with Crippen LogP contribution in [0, 0.1) is 5.82 Å². The molecule has 0 aliphatic carbocycles. The average Bonchev–Trinajstić information content (AvgIpc) is 3.32. The lowest BCUT2D eigenvalue weighted by Gasteiger charge is -2.40. The van der Waals surface area contributed by atoms with Gasteiger partial charge in [0, 0.05) is 25.0 Å². The summed E-state index contributed by atoms with van der Waals surface area (Å²) in [6.07, 6.45) is 3.96. The minimum atomic E-state index is -0.599. The number of amides is 2. The van der Waals surface area contributed by atoms with Gasteiger partial charge in [0.2, 0.25) is 0 Å². The molecule has 3 heterocycles. The van der Waals surface area contributed by atoms with E-state index < -0.39 is 5.60 Å². The summed E-state index contributed by atoms with van der Waals surface area (Å²) in [4.78, 5) is 28.4. The number of aromatic nitrogens is 2. The van der Waals surface area contributed by atoms with E-state index in [9.17, 15) is 14.0 Å². The van der Waals surface area contributed by atoms with Gasteiger partial charge >= 0.3 is 0 Å². The van der Waals surface area contributed by atoms with Crippen LogP contribution in [0.2, 0.25) is 0 Å². The third kappa shape index (κ3) is 3.32. The van der Waals surface area contributed by atoms with Gasteiger partial charge in [-0.3, -0.25) is 14.3 Å². The Balaban J connectivity index is 1.49. The number of likely N-dealkylation sites (tertiary alicyclic amines) is 1. The van der Waals surface area contributed by atoms with Crippen LogP contribution in [-0.4, -0.2) is 58.3 Å². The van der Waals surface area contributed by atoms with Gasteiger partial charge in [-0.1, -0.05) is 0 Å². The Labute approximate surface area is 156 Å². The Morgan fingerprint density at radius 3 is 2.78 bits per heavy atom. The molecule has 142 valence electrons. The quantitative estimate of drug-likeness (QED) is 0.822. The number of carbonyl (C=O) groups excluding carboxylic acids is 2. The first-order valence-corrected chi connectivity index (χ1v) is 9.01. The number of halogens is 1. The first-order chi connectivity index (χ1) is 13.0. The molecule has 1 atom stereocenters. The second-order valence-electron chi connectivity index (χ2n) is 6.99. The van der Waals surface area contributed by atoms with E-state index in [0.29, 0.717) is 43.9 Å². The lowest BCUT2D eigenvalue weighted by atomic mass is 10.00. The molecule has 2 saturated heterocycles. The maximum Gasteiger partial charge on any atom is 0.257 e. The fourth-order valence-electron chi connectivity index (χ4n) is 3.67. The fourth-order valence-corrected chi connectivity index (χ4v) is 3.67. The molecule has 4 rings (SSSR count). The zero-order valence-electron chi connectivity index (χ0n) is 15.1. The van der Waals surface area contributed by atoms with E-state index in [0.717, 1.165) is 0 Å². The molecule has 2 fully saturated rings. The van der Waals surface area contributed by atoms with Crippen molar-refractivity contribution in [3.8, 4) is 0 Å². The van der Waals surface area contributed by atoms with Gasteiger partial charge in [-0.25, -0.2) is 4.39 Å². The highest BCUT2D eigenvalue weighted by Crippen LogP contribution is 2.32. The lowest BCUT2D eigenvalue weighted by molar-refractivity contribution is -0.137. The molecule has 0 N–H and O–H groups in total. The highest BCUT2D eigenvalue weighted by atomic mass is 19.1. The third-order valence-corrected chi connectivity index (χ3v) is 5.20. The van der Waals surface area contributed by atoms with E-state index >= 15 is 0 Å². The van der Waals surface area contributed by atoms with Gasteiger partial charge in [0.1, 0.15) is 18.0 Å². The summed E-state index contributed by atoms with van der Waals surface area (Å²) in [6, 6.07) is 5.84. The van der Waals surface area contributed by atoms with E-state index in [4.69, 9.17) is 4.74 Å². The third-order valence-electron chi connectivity index (χ3n) is 5.20. The van der Waals surface area contributed by atoms with Gasteiger partial charge in [0.25, 0.3) is 11.8 Å². The number of nitrogens with zero attached hydrogens (tertiary/aromatic N) is 4. The lowest BCUT2D eigenvalue weighted by Crippen LogP contribution is -2.56. The Morgan fingerprint density at radius 1 is 1.30 bits per heavy atom. The van der Waals surface area contributed by atoms with Crippen molar-refractivity contribution >= 4 is 17.5 Å². The molecule has 27 heavy (non-hydrogen) atoms. The maximum atomic E-state index is 13.2. The average molecular weight is 372 g/mol. The van der Waals surface area contributed by atoms with Crippen molar-refractivity contribution in [2.75, 3.05) is 31.1 Å². The number of rotatable bonds is 3. The number of aryl methyl sites for hydroxylation is 1. The van der Waals surface area contributed by atoms with Gasteiger partial charge in [0.15, 0.2) is 0 Å². The van der Waals surface area contributed by atoms with Crippen LogP contribution in [0.15, 0.2) is 36.7 Å². The second-order valence-corrected chi connectivity index (χ2v) is 6.99. The number of benzene rings is 1. The molecule has 2 aromatic rings. The molecule has 2 aliphatic heterocycles. The van der Waals surface area contributed by atoms with Crippen LogP contribution in [0.3, 0.4) is 0 Å². The predicted octanol–water partition coefficient (Wildman–Crippen LogP) is 1.69. The molecule has 2 amide bonds.